The largest absolute Gasteiger partial charge is 0.488 e. The molecule has 0 aliphatic heterocycles. The highest BCUT2D eigenvalue weighted by molar-refractivity contribution is 6.00. The molecule has 0 heterocycles. The van der Waals surface area contributed by atoms with Gasteiger partial charge in [0.25, 0.3) is 0 Å². The molecule has 0 aliphatic rings. The third-order valence-corrected chi connectivity index (χ3v) is 5.01. The van der Waals surface area contributed by atoms with Crippen LogP contribution in [0.3, 0.4) is 0 Å². The molecule has 0 unspecified atom stereocenters. The summed E-state index contributed by atoms with van der Waals surface area (Å²) in [7, 11) is 0. The van der Waals surface area contributed by atoms with Crippen molar-refractivity contribution in [3.8, 4) is 11.8 Å². The zero-order chi connectivity index (χ0) is 20.9. The number of halogens is 1. The second kappa shape index (κ2) is 8.63. The molecule has 3 heteroatoms. The van der Waals surface area contributed by atoms with Gasteiger partial charge in [-0.3, -0.25) is 0 Å². The van der Waals surface area contributed by atoms with E-state index in [0.29, 0.717) is 17.9 Å². The molecule has 30 heavy (non-hydrogen) atoms. The Labute approximate surface area is 175 Å². The van der Waals surface area contributed by atoms with E-state index < -0.39 is 0 Å². The number of ether oxygens (including phenoxy) is 1. The molecule has 0 atom stereocenters. The summed E-state index contributed by atoms with van der Waals surface area (Å²) in [6, 6.07) is 28.4. The Morgan fingerprint density at radius 3 is 2.40 bits per heavy atom. The molecule has 0 saturated carbocycles. The number of nitrogens with zero attached hydrogens (tertiary/aromatic N) is 1. The lowest BCUT2D eigenvalue weighted by atomic mass is 9.98. The van der Waals surface area contributed by atoms with E-state index in [-0.39, 0.29) is 5.82 Å². The number of benzene rings is 4. The fourth-order valence-electron chi connectivity index (χ4n) is 3.35. The third kappa shape index (κ3) is 4.24. The first-order valence-electron chi connectivity index (χ1n) is 9.72. The van der Waals surface area contributed by atoms with Crippen molar-refractivity contribution >= 4 is 22.4 Å². The maximum Gasteiger partial charge on any atom is 0.127 e. The Hall–Kier alpha value is -3.90. The average Bonchev–Trinajstić information content (AvgIpc) is 2.78. The summed E-state index contributed by atoms with van der Waals surface area (Å²) in [5, 5.41) is 11.9. The van der Waals surface area contributed by atoms with E-state index in [1.807, 2.05) is 73.7 Å². The smallest absolute Gasteiger partial charge is 0.127 e. The second-order valence-corrected chi connectivity index (χ2v) is 7.15. The first kappa shape index (κ1) is 19.4. The number of aryl methyl sites for hydroxylation is 1. The molecule has 4 rings (SSSR count). The average molecular weight is 393 g/mol. The standard InChI is InChI=1S/C27H20FNO/c1-19-6-10-21(11-7-19)23(17-29)16-26-25-5-3-2-4-22(25)12-15-27(26)30-18-20-8-13-24(28)14-9-20/h2-16H,18H2,1H3/b23-16+. The molecule has 4 aromatic rings. The molecule has 0 radical (unpaired) electrons. The van der Waals surface area contributed by atoms with Gasteiger partial charge in [0.2, 0.25) is 0 Å². The monoisotopic (exact) mass is 393 g/mol. The summed E-state index contributed by atoms with van der Waals surface area (Å²) >= 11 is 0. The summed E-state index contributed by atoms with van der Waals surface area (Å²) in [6.45, 7) is 2.33. The molecule has 0 fully saturated rings. The zero-order valence-electron chi connectivity index (χ0n) is 16.6. The highest BCUT2D eigenvalue weighted by Crippen LogP contribution is 2.32. The van der Waals surface area contributed by atoms with E-state index >= 15 is 0 Å². The molecule has 0 amide bonds. The van der Waals surface area contributed by atoms with E-state index in [9.17, 15) is 9.65 Å². The van der Waals surface area contributed by atoms with Crippen molar-refractivity contribution in [1.82, 2.24) is 0 Å². The van der Waals surface area contributed by atoms with Crippen molar-refractivity contribution < 1.29 is 9.13 Å². The second-order valence-electron chi connectivity index (χ2n) is 7.15. The van der Waals surface area contributed by atoms with Crippen molar-refractivity contribution in [2.75, 3.05) is 0 Å². The van der Waals surface area contributed by atoms with E-state index in [2.05, 4.69) is 6.07 Å². The lowest BCUT2D eigenvalue weighted by Gasteiger charge is -2.13. The predicted molar refractivity (Wildman–Crippen MR) is 119 cm³/mol. The van der Waals surface area contributed by atoms with E-state index in [0.717, 1.165) is 33.0 Å². The minimum absolute atomic E-state index is 0.273. The van der Waals surface area contributed by atoms with Crippen LogP contribution >= 0.6 is 0 Å². The molecule has 0 aliphatic carbocycles. The molecule has 0 spiro atoms. The summed E-state index contributed by atoms with van der Waals surface area (Å²) in [5.41, 5.74) is 4.30. The van der Waals surface area contributed by atoms with Crippen LogP contribution in [0.5, 0.6) is 5.75 Å². The Kier molecular flexibility index (Phi) is 5.59. The van der Waals surface area contributed by atoms with Gasteiger partial charge in [-0.1, -0.05) is 72.3 Å². The van der Waals surface area contributed by atoms with Crippen LogP contribution in [0.2, 0.25) is 0 Å². The van der Waals surface area contributed by atoms with Gasteiger partial charge in [-0.05, 0) is 53.1 Å². The van der Waals surface area contributed by atoms with Crippen LogP contribution in [-0.2, 0) is 6.61 Å². The lowest BCUT2D eigenvalue weighted by molar-refractivity contribution is 0.306. The number of allylic oxidation sites excluding steroid dienone is 1. The minimum atomic E-state index is -0.273. The normalized spacial score (nSPS) is 11.3. The number of hydrogen-bond acceptors (Lipinski definition) is 2. The number of fused-ring (bicyclic) bond motifs is 1. The summed E-state index contributed by atoms with van der Waals surface area (Å²) < 4.78 is 19.3. The highest BCUT2D eigenvalue weighted by atomic mass is 19.1. The van der Waals surface area contributed by atoms with Gasteiger partial charge in [0, 0.05) is 5.56 Å². The lowest BCUT2D eigenvalue weighted by Crippen LogP contribution is -1.98. The predicted octanol–water partition coefficient (Wildman–Crippen LogP) is 6.93. The van der Waals surface area contributed by atoms with Gasteiger partial charge in [0.15, 0.2) is 0 Å². The first-order valence-corrected chi connectivity index (χ1v) is 9.72. The van der Waals surface area contributed by atoms with Crippen LogP contribution in [0.15, 0.2) is 84.9 Å². The number of hydrogen-bond donors (Lipinski definition) is 0. The van der Waals surface area contributed by atoms with E-state index in [1.54, 1.807) is 12.1 Å². The van der Waals surface area contributed by atoms with Gasteiger partial charge >= 0.3 is 0 Å². The molecule has 2 nitrogen and oxygen atoms in total. The van der Waals surface area contributed by atoms with Crippen molar-refractivity contribution in [2.45, 2.75) is 13.5 Å². The van der Waals surface area contributed by atoms with Gasteiger partial charge in [0.05, 0.1) is 11.6 Å². The maximum absolute atomic E-state index is 13.2. The van der Waals surface area contributed by atoms with Gasteiger partial charge in [-0.25, -0.2) is 4.39 Å². The van der Waals surface area contributed by atoms with Crippen molar-refractivity contribution in [2.24, 2.45) is 0 Å². The topological polar surface area (TPSA) is 33.0 Å². The molecule has 0 N–H and O–H groups in total. The van der Waals surface area contributed by atoms with Crippen molar-refractivity contribution in [3.63, 3.8) is 0 Å². The zero-order valence-corrected chi connectivity index (χ0v) is 16.6. The van der Waals surface area contributed by atoms with Gasteiger partial charge in [0.1, 0.15) is 18.2 Å². The number of nitriles is 1. The molecular weight excluding hydrogens is 373 g/mol. The van der Waals surface area contributed by atoms with Crippen LogP contribution in [0.1, 0.15) is 22.3 Å². The SMILES string of the molecule is Cc1ccc(/C(C#N)=C/c2c(OCc3ccc(F)cc3)ccc3ccccc23)cc1. The Balaban J connectivity index is 1.77. The van der Waals surface area contributed by atoms with Crippen LogP contribution in [-0.4, -0.2) is 0 Å². The Morgan fingerprint density at radius 2 is 1.67 bits per heavy atom. The summed E-state index contributed by atoms with van der Waals surface area (Å²) in [5.74, 6) is 0.405. The maximum atomic E-state index is 13.2. The van der Waals surface area contributed by atoms with Crippen LogP contribution < -0.4 is 4.74 Å². The summed E-state index contributed by atoms with van der Waals surface area (Å²) in [4.78, 5) is 0. The fraction of sp³-hybridized carbons (Fsp3) is 0.0741. The van der Waals surface area contributed by atoms with Crippen LogP contribution in [0.25, 0.3) is 22.4 Å². The fourth-order valence-corrected chi connectivity index (χ4v) is 3.35. The van der Waals surface area contributed by atoms with Crippen LogP contribution in [0, 0.1) is 24.1 Å². The van der Waals surface area contributed by atoms with Gasteiger partial charge in [-0.15, -0.1) is 0 Å². The molecule has 0 bridgehead atoms. The quantitative estimate of drug-likeness (QED) is 0.272. The molecule has 146 valence electrons. The van der Waals surface area contributed by atoms with Gasteiger partial charge < -0.3 is 4.74 Å². The third-order valence-electron chi connectivity index (χ3n) is 5.01. The molecular formula is C27H20FNO. The van der Waals surface area contributed by atoms with Crippen molar-refractivity contribution in [3.05, 3.63) is 113 Å². The van der Waals surface area contributed by atoms with E-state index in [1.165, 1.54) is 12.1 Å². The molecule has 0 aromatic heterocycles. The van der Waals surface area contributed by atoms with Crippen molar-refractivity contribution in [1.29, 1.82) is 5.26 Å². The Morgan fingerprint density at radius 1 is 0.933 bits per heavy atom. The number of rotatable bonds is 5. The molecule has 4 aromatic carbocycles. The van der Waals surface area contributed by atoms with Gasteiger partial charge in [-0.2, -0.15) is 5.26 Å². The summed E-state index contributed by atoms with van der Waals surface area (Å²) in [6.07, 6.45) is 1.88. The Bertz CT molecular complexity index is 1250. The van der Waals surface area contributed by atoms with E-state index in [4.69, 9.17) is 4.74 Å². The minimum Gasteiger partial charge on any atom is -0.488 e. The first-order chi connectivity index (χ1) is 14.6. The van der Waals surface area contributed by atoms with Crippen LogP contribution in [0.4, 0.5) is 4.39 Å². The highest BCUT2D eigenvalue weighted by Gasteiger charge is 2.10. The molecule has 0 saturated heterocycles.